The molecule has 0 fully saturated rings. The van der Waals surface area contributed by atoms with Crippen molar-refractivity contribution in [3.05, 3.63) is 53.4 Å². The summed E-state index contributed by atoms with van der Waals surface area (Å²) >= 11 is 1.58. The van der Waals surface area contributed by atoms with Crippen molar-refractivity contribution in [2.45, 2.75) is 20.3 Å². The molecule has 0 aliphatic heterocycles. The van der Waals surface area contributed by atoms with E-state index in [1.54, 1.807) is 17.5 Å². The van der Waals surface area contributed by atoms with Crippen molar-refractivity contribution in [2.24, 2.45) is 0 Å². The number of nitrogens with zero attached hydrogens (tertiary/aromatic N) is 5. The van der Waals surface area contributed by atoms with Gasteiger partial charge in [-0.2, -0.15) is 0 Å². The third-order valence-corrected chi connectivity index (χ3v) is 4.57. The Kier molecular flexibility index (Phi) is 3.70. The Morgan fingerprint density at radius 1 is 1.21 bits per heavy atom. The Morgan fingerprint density at radius 2 is 2.12 bits per heavy atom. The number of hydrogen-bond donors (Lipinski definition) is 0. The largest absolute Gasteiger partial charge is 0.353 e. The molecule has 0 N–H and O–H groups in total. The second-order valence-electron chi connectivity index (χ2n) is 5.33. The van der Waals surface area contributed by atoms with Crippen molar-refractivity contribution in [3.63, 3.8) is 0 Å². The molecule has 0 aliphatic rings. The first-order chi connectivity index (χ1) is 11.7. The van der Waals surface area contributed by atoms with E-state index >= 15 is 0 Å². The molecule has 6 nitrogen and oxygen atoms in total. The lowest BCUT2D eigenvalue weighted by Gasteiger charge is -2.07. The van der Waals surface area contributed by atoms with E-state index in [9.17, 15) is 0 Å². The van der Waals surface area contributed by atoms with Gasteiger partial charge in [-0.15, -0.1) is 10.2 Å². The van der Waals surface area contributed by atoms with Crippen LogP contribution in [0.25, 0.3) is 27.8 Å². The summed E-state index contributed by atoms with van der Waals surface area (Å²) in [5.74, 6) is 1.39. The molecule has 120 valence electrons. The maximum Gasteiger partial charge on any atom is 0.202 e. The Labute approximate surface area is 142 Å². The summed E-state index contributed by atoms with van der Waals surface area (Å²) in [6.45, 7) is 4.00. The van der Waals surface area contributed by atoms with Gasteiger partial charge < -0.3 is 4.52 Å². The van der Waals surface area contributed by atoms with Gasteiger partial charge in [0.15, 0.2) is 5.82 Å². The predicted molar refractivity (Wildman–Crippen MR) is 92.1 cm³/mol. The third kappa shape index (κ3) is 2.63. The number of hydrogen-bond acceptors (Lipinski definition) is 6. The first-order valence-corrected chi connectivity index (χ1v) is 8.46. The average Bonchev–Trinajstić information content (AvgIpc) is 3.34. The van der Waals surface area contributed by atoms with Crippen molar-refractivity contribution in [3.8, 4) is 27.8 Å². The zero-order valence-corrected chi connectivity index (χ0v) is 14.1. The van der Waals surface area contributed by atoms with Crippen LogP contribution in [0.4, 0.5) is 0 Å². The minimum atomic E-state index is 0.661. The highest BCUT2D eigenvalue weighted by Gasteiger charge is 2.14. The van der Waals surface area contributed by atoms with E-state index in [1.165, 1.54) is 0 Å². The van der Waals surface area contributed by atoms with Crippen molar-refractivity contribution in [1.82, 2.24) is 24.9 Å². The zero-order valence-electron chi connectivity index (χ0n) is 13.3. The molecule has 0 saturated carbocycles. The fraction of sp³-hybridized carbons (Fsp3) is 0.176. The van der Waals surface area contributed by atoms with Crippen molar-refractivity contribution >= 4 is 11.3 Å². The van der Waals surface area contributed by atoms with Crippen LogP contribution in [0.2, 0.25) is 0 Å². The van der Waals surface area contributed by atoms with Crippen molar-refractivity contribution in [2.75, 3.05) is 0 Å². The number of imidazole rings is 1. The van der Waals surface area contributed by atoms with Crippen molar-refractivity contribution < 1.29 is 4.52 Å². The fourth-order valence-electron chi connectivity index (χ4n) is 2.48. The molecule has 0 bridgehead atoms. The van der Waals surface area contributed by atoms with E-state index in [0.717, 1.165) is 39.2 Å². The van der Waals surface area contributed by atoms with Gasteiger partial charge in [0.2, 0.25) is 5.76 Å². The minimum Gasteiger partial charge on any atom is -0.353 e. The molecule has 7 heteroatoms. The van der Waals surface area contributed by atoms with Crippen LogP contribution in [0, 0.1) is 6.92 Å². The fourth-order valence-corrected chi connectivity index (χ4v) is 3.17. The zero-order chi connectivity index (χ0) is 16.5. The van der Waals surface area contributed by atoms with Crippen LogP contribution in [-0.2, 0) is 6.42 Å². The van der Waals surface area contributed by atoms with Gasteiger partial charge in [0, 0.05) is 29.7 Å². The summed E-state index contributed by atoms with van der Waals surface area (Å²) in [5, 5.41) is 14.2. The van der Waals surface area contributed by atoms with E-state index in [-0.39, 0.29) is 0 Å². The lowest BCUT2D eigenvalue weighted by molar-refractivity contribution is 0.421. The van der Waals surface area contributed by atoms with Gasteiger partial charge in [0.25, 0.3) is 0 Å². The first-order valence-electron chi connectivity index (χ1n) is 7.65. The minimum absolute atomic E-state index is 0.661. The van der Waals surface area contributed by atoms with Gasteiger partial charge in [-0.05, 0) is 25.5 Å². The van der Waals surface area contributed by atoms with Crippen LogP contribution in [0.3, 0.4) is 0 Å². The molecule has 4 aromatic rings. The standard InChI is InChI=1S/C17H15N5OS/c1-3-13-10-15(23-21-13)16-18-7-8-22(16)14-6-4-5-12(9-14)17-20-19-11(2)24-17/h4-10H,3H2,1-2H3. The predicted octanol–water partition coefficient (Wildman–Crippen LogP) is 3.92. The van der Waals surface area contributed by atoms with Gasteiger partial charge in [0.05, 0.1) is 5.69 Å². The Hall–Kier alpha value is -2.80. The summed E-state index contributed by atoms with van der Waals surface area (Å²) in [6.07, 6.45) is 4.50. The molecular formula is C17H15N5OS. The average molecular weight is 337 g/mol. The monoisotopic (exact) mass is 337 g/mol. The topological polar surface area (TPSA) is 69.6 Å². The molecule has 0 unspecified atom stereocenters. The second-order valence-corrected chi connectivity index (χ2v) is 6.52. The van der Waals surface area contributed by atoms with E-state index in [2.05, 4.69) is 26.4 Å². The highest BCUT2D eigenvalue weighted by molar-refractivity contribution is 7.14. The Bertz CT molecular complexity index is 984. The van der Waals surface area contributed by atoms with Gasteiger partial charge in [-0.25, -0.2) is 4.98 Å². The van der Waals surface area contributed by atoms with Gasteiger partial charge in [-0.1, -0.05) is 35.5 Å². The summed E-state index contributed by atoms with van der Waals surface area (Å²) in [4.78, 5) is 4.42. The highest BCUT2D eigenvalue weighted by Crippen LogP contribution is 2.27. The first kappa shape index (κ1) is 14.8. The normalized spacial score (nSPS) is 11.1. The maximum absolute atomic E-state index is 5.43. The Morgan fingerprint density at radius 3 is 2.88 bits per heavy atom. The molecule has 4 rings (SSSR count). The summed E-state index contributed by atoms with van der Waals surface area (Å²) < 4.78 is 7.41. The molecule has 3 aromatic heterocycles. The SMILES string of the molecule is CCc1cc(-c2nccn2-c2cccc(-c3nnc(C)s3)c2)on1. The number of aromatic nitrogens is 5. The van der Waals surface area contributed by atoms with Crippen LogP contribution in [0.5, 0.6) is 0 Å². The summed E-state index contributed by atoms with van der Waals surface area (Å²) in [6, 6.07) is 10.1. The summed E-state index contributed by atoms with van der Waals surface area (Å²) in [7, 11) is 0. The number of benzene rings is 1. The third-order valence-electron chi connectivity index (χ3n) is 3.68. The lowest BCUT2D eigenvalue weighted by Crippen LogP contribution is -1.96. The molecule has 0 spiro atoms. The molecule has 3 heterocycles. The highest BCUT2D eigenvalue weighted by atomic mass is 32.1. The quantitative estimate of drug-likeness (QED) is 0.564. The molecule has 24 heavy (non-hydrogen) atoms. The van der Waals surface area contributed by atoms with Gasteiger partial charge >= 0.3 is 0 Å². The van der Waals surface area contributed by atoms with Crippen LogP contribution < -0.4 is 0 Å². The molecule has 0 aliphatic carbocycles. The van der Waals surface area contributed by atoms with Crippen LogP contribution >= 0.6 is 11.3 Å². The molecular weight excluding hydrogens is 322 g/mol. The van der Waals surface area contributed by atoms with E-state index in [0.29, 0.717) is 5.76 Å². The van der Waals surface area contributed by atoms with Gasteiger partial charge in [0.1, 0.15) is 10.0 Å². The molecule has 0 saturated heterocycles. The van der Waals surface area contributed by atoms with Crippen LogP contribution in [0.15, 0.2) is 47.2 Å². The van der Waals surface area contributed by atoms with E-state index in [1.807, 2.05) is 48.9 Å². The molecule has 0 radical (unpaired) electrons. The molecule has 1 aromatic carbocycles. The lowest BCUT2D eigenvalue weighted by atomic mass is 10.2. The number of rotatable bonds is 4. The smallest absolute Gasteiger partial charge is 0.202 e. The maximum atomic E-state index is 5.43. The molecule has 0 atom stereocenters. The van der Waals surface area contributed by atoms with Crippen molar-refractivity contribution in [1.29, 1.82) is 0 Å². The van der Waals surface area contributed by atoms with Gasteiger partial charge in [-0.3, -0.25) is 4.57 Å². The van der Waals surface area contributed by atoms with E-state index < -0.39 is 0 Å². The summed E-state index contributed by atoms with van der Waals surface area (Å²) in [5.41, 5.74) is 2.93. The van der Waals surface area contributed by atoms with Crippen LogP contribution in [-0.4, -0.2) is 24.9 Å². The second kappa shape index (κ2) is 6.01. The van der Waals surface area contributed by atoms with Crippen LogP contribution in [0.1, 0.15) is 17.6 Å². The molecule has 0 amide bonds. The number of aryl methyl sites for hydroxylation is 2. The Balaban J connectivity index is 1.76. The van der Waals surface area contributed by atoms with E-state index in [4.69, 9.17) is 4.52 Å².